The molecule has 200 valence electrons. The highest BCUT2D eigenvalue weighted by atomic mass is 16.4. The van der Waals surface area contributed by atoms with Crippen molar-refractivity contribution in [2.24, 2.45) is 27.9 Å². The fourth-order valence-corrected chi connectivity index (χ4v) is 3.28. The average Bonchev–Trinajstić information content (AvgIpc) is 2.84. The maximum Gasteiger partial charge on any atom is 0.326 e. The van der Waals surface area contributed by atoms with Crippen LogP contribution in [0.25, 0.3) is 0 Å². The normalized spacial score (nSPS) is 13.1. The summed E-state index contributed by atoms with van der Waals surface area (Å²) in [4.78, 5) is 53.0. The first-order valence-electron chi connectivity index (χ1n) is 11.8. The second-order valence-corrected chi connectivity index (χ2v) is 8.27. The Morgan fingerprint density at radius 1 is 0.917 bits per heavy atom. The Morgan fingerprint density at radius 2 is 1.61 bits per heavy atom. The van der Waals surface area contributed by atoms with Gasteiger partial charge in [0.05, 0.1) is 12.6 Å². The fraction of sp³-hybridized carbons (Fsp3) is 0.522. The molecule has 0 aliphatic heterocycles. The van der Waals surface area contributed by atoms with Crippen LogP contribution in [0.1, 0.15) is 37.7 Å². The first-order valence-corrected chi connectivity index (χ1v) is 11.8. The van der Waals surface area contributed by atoms with Gasteiger partial charge in [0.15, 0.2) is 5.96 Å². The zero-order valence-electron chi connectivity index (χ0n) is 20.3. The number of carbonyl (C=O) groups excluding carboxylic acids is 3. The molecule has 13 nitrogen and oxygen atoms in total. The molecule has 0 heterocycles. The van der Waals surface area contributed by atoms with E-state index in [4.69, 9.17) is 22.9 Å². The molecule has 0 radical (unpaired) electrons. The van der Waals surface area contributed by atoms with E-state index in [0.717, 1.165) is 12.0 Å². The van der Waals surface area contributed by atoms with Gasteiger partial charge in [-0.05, 0) is 37.8 Å². The van der Waals surface area contributed by atoms with E-state index in [1.54, 1.807) is 30.3 Å². The quantitative estimate of drug-likeness (QED) is 0.0655. The van der Waals surface area contributed by atoms with E-state index >= 15 is 0 Å². The van der Waals surface area contributed by atoms with E-state index in [2.05, 4.69) is 20.9 Å². The SMILES string of the molecule is NCCCCC(N)C(=O)NCC(=O)NC(CCCN=C(N)N)C(=O)NC(Cc1ccccc1)C(=O)O. The molecule has 3 unspecified atom stereocenters. The van der Waals surface area contributed by atoms with Gasteiger partial charge in [-0.15, -0.1) is 0 Å². The Bertz CT molecular complexity index is 877. The van der Waals surface area contributed by atoms with Crippen molar-refractivity contribution in [2.75, 3.05) is 19.6 Å². The number of amides is 3. The van der Waals surface area contributed by atoms with Gasteiger partial charge in [-0.2, -0.15) is 0 Å². The summed E-state index contributed by atoms with van der Waals surface area (Å²) in [5.74, 6) is -3.13. The second kappa shape index (κ2) is 16.8. The van der Waals surface area contributed by atoms with Crippen LogP contribution in [-0.2, 0) is 25.6 Å². The first-order chi connectivity index (χ1) is 17.1. The minimum absolute atomic E-state index is 0.0642. The maximum absolute atomic E-state index is 12.9. The summed E-state index contributed by atoms with van der Waals surface area (Å²) in [5.41, 5.74) is 22.6. The third kappa shape index (κ3) is 12.7. The summed E-state index contributed by atoms with van der Waals surface area (Å²) >= 11 is 0. The van der Waals surface area contributed by atoms with Crippen molar-refractivity contribution in [3.8, 4) is 0 Å². The van der Waals surface area contributed by atoms with Crippen LogP contribution in [0.15, 0.2) is 35.3 Å². The van der Waals surface area contributed by atoms with Gasteiger partial charge in [0.2, 0.25) is 17.7 Å². The summed E-state index contributed by atoms with van der Waals surface area (Å²) < 4.78 is 0. The summed E-state index contributed by atoms with van der Waals surface area (Å²) in [6.07, 6.45) is 2.39. The summed E-state index contributed by atoms with van der Waals surface area (Å²) in [6.45, 7) is 0.313. The number of hydrogen-bond acceptors (Lipinski definition) is 7. The topological polar surface area (TPSA) is 241 Å². The molecule has 12 N–H and O–H groups in total. The monoisotopic (exact) mass is 506 g/mol. The average molecular weight is 507 g/mol. The van der Waals surface area contributed by atoms with Crippen molar-refractivity contribution in [1.29, 1.82) is 0 Å². The third-order valence-electron chi connectivity index (χ3n) is 5.22. The highest BCUT2D eigenvalue weighted by molar-refractivity contribution is 5.92. The number of aliphatic imine (C=N–C) groups is 1. The smallest absolute Gasteiger partial charge is 0.326 e. The lowest BCUT2D eigenvalue weighted by molar-refractivity contribution is -0.142. The third-order valence-corrected chi connectivity index (χ3v) is 5.22. The Morgan fingerprint density at radius 3 is 2.22 bits per heavy atom. The maximum atomic E-state index is 12.9. The van der Waals surface area contributed by atoms with E-state index < -0.39 is 48.4 Å². The van der Waals surface area contributed by atoms with Crippen LogP contribution < -0.4 is 38.9 Å². The largest absolute Gasteiger partial charge is 0.480 e. The molecule has 3 atom stereocenters. The molecule has 1 aromatic carbocycles. The molecular weight excluding hydrogens is 468 g/mol. The molecule has 0 spiro atoms. The summed E-state index contributed by atoms with van der Waals surface area (Å²) in [7, 11) is 0. The highest BCUT2D eigenvalue weighted by Gasteiger charge is 2.27. The number of benzene rings is 1. The summed E-state index contributed by atoms with van der Waals surface area (Å²) in [6, 6.07) is 5.77. The van der Waals surface area contributed by atoms with E-state index in [1.165, 1.54) is 0 Å². The Balaban J connectivity index is 2.76. The van der Waals surface area contributed by atoms with Crippen molar-refractivity contribution in [1.82, 2.24) is 16.0 Å². The van der Waals surface area contributed by atoms with E-state index in [0.29, 0.717) is 25.8 Å². The number of nitrogens with two attached hydrogens (primary N) is 4. The molecule has 36 heavy (non-hydrogen) atoms. The van der Waals surface area contributed by atoms with Crippen molar-refractivity contribution >= 4 is 29.7 Å². The highest BCUT2D eigenvalue weighted by Crippen LogP contribution is 2.06. The Labute approximate surface area is 210 Å². The number of guanidine groups is 1. The van der Waals surface area contributed by atoms with E-state index in [1.807, 2.05) is 0 Å². The van der Waals surface area contributed by atoms with E-state index in [9.17, 15) is 24.3 Å². The molecule has 0 fully saturated rings. The van der Waals surface area contributed by atoms with Gasteiger partial charge in [0.25, 0.3) is 0 Å². The van der Waals surface area contributed by atoms with Crippen molar-refractivity contribution in [2.45, 2.75) is 56.7 Å². The lowest BCUT2D eigenvalue weighted by Crippen LogP contribution is -2.54. The number of unbranched alkanes of at least 4 members (excludes halogenated alkanes) is 1. The van der Waals surface area contributed by atoms with Gasteiger partial charge in [0, 0.05) is 13.0 Å². The molecule has 0 bridgehead atoms. The second-order valence-electron chi connectivity index (χ2n) is 8.27. The van der Waals surface area contributed by atoms with Crippen LogP contribution in [0.4, 0.5) is 0 Å². The number of nitrogens with zero attached hydrogens (tertiary/aromatic N) is 1. The van der Waals surface area contributed by atoms with Crippen LogP contribution in [0, 0.1) is 0 Å². The lowest BCUT2D eigenvalue weighted by atomic mass is 10.0. The fourth-order valence-electron chi connectivity index (χ4n) is 3.28. The lowest BCUT2D eigenvalue weighted by Gasteiger charge is -2.22. The zero-order valence-corrected chi connectivity index (χ0v) is 20.3. The number of hydrogen-bond donors (Lipinski definition) is 8. The van der Waals surface area contributed by atoms with Gasteiger partial charge >= 0.3 is 5.97 Å². The molecule has 3 amide bonds. The van der Waals surface area contributed by atoms with Gasteiger partial charge < -0.3 is 44.0 Å². The molecular formula is C23H38N8O5. The van der Waals surface area contributed by atoms with Gasteiger partial charge in [-0.25, -0.2) is 4.79 Å². The number of nitrogens with one attached hydrogen (secondary N) is 3. The van der Waals surface area contributed by atoms with Gasteiger partial charge in [0.1, 0.15) is 12.1 Å². The molecule has 1 aromatic rings. The molecule has 0 aliphatic carbocycles. The Kier molecular flexibility index (Phi) is 14.2. The number of carboxylic acids is 1. The molecule has 0 saturated heterocycles. The predicted octanol–water partition coefficient (Wildman–Crippen LogP) is -2.09. The van der Waals surface area contributed by atoms with E-state index in [-0.39, 0.29) is 25.3 Å². The van der Waals surface area contributed by atoms with Crippen LogP contribution in [0.5, 0.6) is 0 Å². The number of carbonyl (C=O) groups is 4. The van der Waals surface area contributed by atoms with Crippen LogP contribution >= 0.6 is 0 Å². The Hall–Kier alpha value is -3.71. The van der Waals surface area contributed by atoms with Crippen LogP contribution in [0.3, 0.4) is 0 Å². The van der Waals surface area contributed by atoms with Crippen molar-refractivity contribution in [3.05, 3.63) is 35.9 Å². The predicted molar refractivity (Wildman–Crippen MR) is 135 cm³/mol. The number of aliphatic carboxylic acids is 1. The van der Waals surface area contributed by atoms with Crippen molar-refractivity contribution < 1.29 is 24.3 Å². The summed E-state index contributed by atoms with van der Waals surface area (Å²) in [5, 5.41) is 17.0. The standard InChI is InChI=1S/C23H38N8O5/c24-11-5-4-9-16(25)20(33)29-14-19(32)30-17(10-6-12-28-23(26)27)21(34)31-18(22(35)36)13-15-7-2-1-3-8-15/h1-3,7-8,16-18H,4-6,9-14,24-25H2,(H,29,33)(H,30,32)(H,31,34)(H,35,36)(H4,26,27,28). The zero-order chi connectivity index (χ0) is 26.9. The molecule has 0 aromatic heterocycles. The van der Waals surface area contributed by atoms with Gasteiger partial charge in [-0.1, -0.05) is 36.8 Å². The number of rotatable bonds is 17. The van der Waals surface area contributed by atoms with Crippen LogP contribution in [-0.4, -0.2) is 72.5 Å². The number of carboxylic acid groups (broad SMARTS) is 1. The van der Waals surface area contributed by atoms with Crippen LogP contribution in [0.2, 0.25) is 0 Å². The molecule has 13 heteroatoms. The molecule has 1 rings (SSSR count). The molecule has 0 aliphatic rings. The minimum atomic E-state index is -1.21. The van der Waals surface area contributed by atoms with Crippen molar-refractivity contribution in [3.63, 3.8) is 0 Å². The molecule has 0 saturated carbocycles. The van der Waals surface area contributed by atoms with Gasteiger partial charge in [-0.3, -0.25) is 19.4 Å². The minimum Gasteiger partial charge on any atom is -0.480 e. The first kappa shape index (κ1) is 30.3.